The van der Waals surface area contributed by atoms with Gasteiger partial charge in [-0.2, -0.15) is 0 Å². The van der Waals surface area contributed by atoms with Crippen molar-refractivity contribution in [2.45, 2.75) is 24.8 Å². The highest BCUT2D eigenvalue weighted by Crippen LogP contribution is 2.27. The molecular weight excluding hydrogens is 300 g/mol. The maximum atomic E-state index is 12.6. The lowest BCUT2D eigenvalue weighted by Crippen LogP contribution is -2.32. The molecular formula is C20H24N2O2. The number of likely N-dealkylation sites (tertiary alicyclic amines) is 1. The number of hydrogen-bond donors (Lipinski definition) is 1. The van der Waals surface area contributed by atoms with Crippen LogP contribution in [0.1, 0.15) is 23.5 Å². The summed E-state index contributed by atoms with van der Waals surface area (Å²) in [6.45, 7) is 1.33. The lowest BCUT2D eigenvalue weighted by atomic mass is 9.95. The third kappa shape index (κ3) is 3.60. The molecule has 3 rings (SSSR count). The van der Waals surface area contributed by atoms with Gasteiger partial charge in [-0.15, -0.1) is 0 Å². The van der Waals surface area contributed by atoms with E-state index in [1.54, 1.807) is 7.11 Å². The zero-order valence-electron chi connectivity index (χ0n) is 14.0. The number of nitrogens with two attached hydrogens (primary N) is 1. The summed E-state index contributed by atoms with van der Waals surface area (Å²) in [6, 6.07) is 18.1. The van der Waals surface area contributed by atoms with E-state index in [2.05, 4.69) is 12.1 Å². The molecule has 2 atom stereocenters. The Kier molecular flexibility index (Phi) is 5.16. The monoisotopic (exact) mass is 324 g/mol. The average Bonchev–Trinajstić information content (AvgIpc) is 3.02. The molecule has 1 heterocycles. The topological polar surface area (TPSA) is 55.6 Å². The van der Waals surface area contributed by atoms with E-state index < -0.39 is 0 Å². The first-order valence-corrected chi connectivity index (χ1v) is 8.39. The molecule has 0 aliphatic carbocycles. The molecule has 0 aromatic heterocycles. The number of methoxy groups -OCH3 is 1. The third-order valence-corrected chi connectivity index (χ3v) is 4.75. The van der Waals surface area contributed by atoms with Crippen molar-refractivity contribution < 1.29 is 9.53 Å². The van der Waals surface area contributed by atoms with Crippen molar-refractivity contribution in [2.24, 2.45) is 5.73 Å². The van der Waals surface area contributed by atoms with Gasteiger partial charge in [-0.3, -0.25) is 4.79 Å². The summed E-state index contributed by atoms with van der Waals surface area (Å²) in [6.07, 6.45) is 1.17. The fourth-order valence-electron chi connectivity index (χ4n) is 3.39. The molecule has 0 saturated carbocycles. The van der Waals surface area contributed by atoms with Crippen LogP contribution in [0.5, 0.6) is 5.75 Å². The zero-order valence-corrected chi connectivity index (χ0v) is 14.0. The van der Waals surface area contributed by atoms with E-state index in [1.807, 2.05) is 47.4 Å². The van der Waals surface area contributed by atoms with Crippen molar-refractivity contribution in [1.29, 1.82) is 0 Å². The van der Waals surface area contributed by atoms with Gasteiger partial charge < -0.3 is 15.4 Å². The number of para-hydroxylation sites is 1. The molecule has 2 aromatic rings. The van der Waals surface area contributed by atoms with Crippen molar-refractivity contribution in [3.63, 3.8) is 0 Å². The van der Waals surface area contributed by atoms with Gasteiger partial charge in [0.25, 0.3) is 0 Å². The summed E-state index contributed by atoms with van der Waals surface area (Å²) in [5.74, 6) is 1.22. The van der Waals surface area contributed by atoms with Gasteiger partial charge in [0.1, 0.15) is 5.75 Å². The van der Waals surface area contributed by atoms with Crippen LogP contribution in [0.3, 0.4) is 0 Å². The van der Waals surface area contributed by atoms with Gasteiger partial charge in [0, 0.05) is 31.5 Å². The van der Waals surface area contributed by atoms with Crippen LogP contribution in [0.15, 0.2) is 54.6 Å². The van der Waals surface area contributed by atoms with Gasteiger partial charge in [0.15, 0.2) is 0 Å². The summed E-state index contributed by atoms with van der Waals surface area (Å²) in [5.41, 5.74) is 8.56. The van der Waals surface area contributed by atoms with E-state index in [9.17, 15) is 4.79 Å². The molecule has 1 aliphatic heterocycles. The second kappa shape index (κ2) is 7.49. The molecule has 24 heavy (non-hydrogen) atoms. The number of amides is 1. The Labute approximate surface area is 143 Å². The lowest BCUT2D eigenvalue weighted by Gasteiger charge is -2.17. The van der Waals surface area contributed by atoms with Crippen molar-refractivity contribution in [2.75, 3.05) is 20.2 Å². The van der Waals surface area contributed by atoms with Gasteiger partial charge in [0.05, 0.1) is 7.11 Å². The molecule has 1 aliphatic rings. The van der Waals surface area contributed by atoms with Crippen molar-refractivity contribution in [3.8, 4) is 5.75 Å². The summed E-state index contributed by atoms with van der Waals surface area (Å²) in [4.78, 5) is 14.5. The molecule has 1 amide bonds. The number of hydrogen-bond acceptors (Lipinski definition) is 3. The molecule has 1 saturated heterocycles. The minimum atomic E-state index is 0.00242. The maximum Gasteiger partial charge on any atom is 0.222 e. The predicted octanol–water partition coefficient (Wildman–Crippen LogP) is 2.58. The maximum absolute atomic E-state index is 12.6. The zero-order chi connectivity index (χ0) is 16.9. The Morgan fingerprint density at radius 3 is 2.58 bits per heavy atom. The molecule has 2 N–H and O–H groups in total. The minimum Gasteiger partial charge on any atom is -0.496 e. The number of rotatable bonds is 5. The van der Waals surface area contributed by atoms with Crippen molar-refractivity contribution in [1.82, 2.24) is 4.90 Å². The summed E-state index contributed by atoms with van der Waals surface area (Å²) < 4.78 is 5.35. The Morgan fingerprint density at radius 1 is 1.12 bits per heavy atom. The van der Waals surface area contributed by atoms with E-state index in [0.29, 0.717) is 25.9 Å². The number of nitrogens with zero attached hydrogens (tertiary/aromatic N) is 1. The standard InChI is InChI=1S/C20H24N2O2/c1-24-19-10-6-5-9-16(19)11-12-20(23)22-13-17(18(21)14-22)15-7-3-2-4-8-15/h2-10,17-18H,11-14,21H2,1H3/t17-,18+/m1/s1. The minimum absolute atomic E-state index is 0.00242. The molecule has 4 nitrogen and oxygen atoms in total. The number of ether oxygens (including phenoxy) is 1. The lowest BCUT2D eigenvalue weighted by molar-refractivity contribution is -0.130. The van der Waals surface area contributed by atoms with Gasteiger partial charge >= 0.3 is 0 Å². The van der Waals surface area contributed by atoms with Crippen LogP contribution in [0.25, 0.3) is 0 Å². The second-order valence-corrected chi connectivity index (χ2v) is 6.29. The van der Waals surface area contributed by atoms with Gasteiger partial charge in [-0.1, -0.05) is 48.5 Å². The fourth-order valence-corrected chi connectivity index (χ4v) is 3.39. The molecule has 2 aromatic carbocycles. The Balaban J connectivity index is 1.60. The molecule has 0 spiro atoms. The highest BCUT2D eigenvalue weighted by molar-refractivity contribution is 5.77. The number of benzene rings is 2. The Bertz CT molecular complexity index is 687. The molecule has 0 bridgehead atoms. The number of carbonyl (C=O) groups excluding carboxylic acids is 1. The Morgan fingerprint density at radius 2 is 1.83 bits per heavy atom. The highest BCUT2D eigenvalue weighted by Gasteiger charge is 2.33. The van der Waals surface area contributed by atoms with E-state index in [1.165, 1.54) is 5.56 Å². The van der Waals surface area contributed by atoms with Crippen LogP contribution in [-0.4, -0.2) is 37.0 Å². The van der Waals surface area contributed by atoms with Gasteiger partial charge in [-0.05, 0) is 23.6 Å². The SMILES string of the molecule is COc1ccccc1CCC(=O)N1C[C@H](c2ccccc2)[C@@H](N)C1. The molecule has 1 fully saturated rings. The predicted molar refractivity (Wildman–Crippen MR) is 95.1 cm³/mol. The first-order valence-electron chi connectivity index (χ1n) is 8.39. The summed E-state index contributed by atoms with van der Waals surface area (Å²) in [5, 5.41) is 0. The van der Waals surface area contributed by atoms with Crippen molar-refractivity contribution in [3.05, 3.63) is 65.7 Å². The Hall–Kier alpha value is -2.33. The molecule has 0 unspecified atom stereocenters. The van der Waals surface area contributed by atoms with Crippen LogP contribution < -0.4 is 10.5 Å². The first kappa shape index (κ1) is 16.5. The fraction of sp³-hybridized carbons (Fsp3) is 0.350. The van der Waals surface area contributed by atoms with Crippen LogP contribution in [0, 0.1) is 0 Å². The summed E-state index contributed by atoms with van der Waals surface area (Å²) >= 11 is 0. The quantitative estimate of drug-likeness (QED) is 0.920. The van der Waals surface area contributed by atoms with Crippen LogP contribution in [0.2, 0.25) is 0 Å². The second-order valence-electron chi connectivity index (χ2n) is 6.29. The van der Waals surface area contributed by atoms with Gasteiger partial charge in [-0.25, -0.2) is 0 Å². The number of carbonyl (C=O) groups is 1. The number of aryl methyl sites for hydroxylation is 1. The van der Waals surface area contributed by atoms with Crippen molar-refractivity contribution >= 4 is 5.91 Å². The van der Waals surface area contributed by atoms with Crippen LogP contribution in [-0.2, 0) is 11.2 Å². The highest BCUT2D eigenvalue weighted by atomic mass is 16.5. The van der Waals surface area contributed by atoms with E-state index in [4.69, 9.17) is 10.5 Å². The molecule has 126 valence electrons. The van der Waals surface area contributed by atoms with Crippen LogP contribution >= 0.6 is 0 Å². The van der Waals surface area contributed by atoms with E-state index in [-0.39, 0.29) is 17.9 Å². The first-order chi connectivity index (χ1) is 11.7. The molecule has 0 radical (unpaired) electrons. The largest absolute Gasteiger partial charge is 0.496 e. The summed E-state index contributed by atoms with van der Waals surface area (Å²) in [7, 11) is 1.66. The third-order valence-electron chi connectivity index (χ3n) is 4.75. The van der Waals surface area contributed by atoms with E-state index in [0.717, 1.165) is 11.3 Å². The molecule has 4 heteroatoms. The smallest absolute Gasteiger partial charge is 0.222 e. The average molecular weight is 324 g/mol. The van der Waals surface area contributed by atoms with Gasteiger partial charge in [0.2, 0.25) is 5.91 Å². The van der Waals surface area contributed by atoms with E-state index >= 15 is 0 Å². The van der Waals surface area contributed by atoms with Crippen LogP contribution in [0.4, 0.5) is 0 Å². The normalized spacial score (nSPS) is 20.2.